The summed E-state index contributed by atoms with van der Waals surface area (Å²) in [6.07, 6.45) is 6.26. The zero-order valence-corrected chi connectivity index (χ0v) is 15.7. The monoisotopic (exact) mass is 377 g/mol. The second kappa shape index (κ2) is 7.61. The Hall–Kier alpha value is -2.15. The van der Waals surface area contributed by atoms with Crippen LogP contribution in [-0.2, 0) is 20.7 Å². The number of aryl methyl sites for hydroxylation is 1. The lowest BCUT2D eigenvalue weighted by atomic mass is 9.62. The quantitative estimate of drug-likeness (QED) is 0.586. The number of nitrogens with one attached hydrogen (secondary N) is 1. The molecule has 0 aliphatic heterocycles. The Morgan fingerprint density at radius 3 is 2.38 bits per heavy atom. The molecule has 1 amide bonds. The summed E-state index contributed by atoms with van der Waals surface area (Å²) in [4.78, 5) is 37.8. The molecule has 1 aromatic heterocycles. The van der Waals surface area contributed by atoms with E-state index in [1.165, 1.54) is 11.3 Å². The second-order valence-electron chi connectivity index (χ2n) is 6.70. The summed E-state index contributed by atoms with van der Waals surface area (Å²) >= 11 is 1.34. The number of hydrogen-bond acceptors (Lipinski definition) is 5. The fourth-order valence-electron chi connectivity index (χ4n) is 3.95. The van der Waals surface area contributed by atoms with Crippen LogP contribution < -0.4 is 5.32 Å². The van der Waals surface area contributed by atoms with Crippen LogP contribution in [0.3, 0.4) is 0 Å². The number of carbonyl (C=O) groups is 3. The molecule has 0 unspecified atom stereocenters. The Bertz CT molecular complexity index is 753. The van der Waals surface area contributed by atoms with Crippen molar-refractivity contribution < 1.29 is 24.2 Å². The van der Waals surface area contributed by atoms with Crippen molar-refractivity contribution in [1.29, 1.82) is 0 Å². The first-order valence-electron chi connectivity index (χ1n) is 8.98. The van der Waals surface area contributed by atoms with E-state index in [1.54, 1.807) is 13.0 Å². The topological polar surface area (TPSA) is 92.7 Å². The van der Waals surface area contributed by atoms with Crippen molar-refractivity contribution in [2.75, 3.05) is 11.9 Å². The Balaban J connectivity index is 1.85. The molecule has 1 saturated carbocycles. The second-order valence-corrected chi connectivity index (χ2v) is 7.84. The first-order chi connectivity index (χ1) is 12.5. The SMILES string of the molecule is CCOC(=O)c1cc(CC)sc1NC(=O)[C@H]1[C@H](C(=O)O)[C@H]2C=C[C@H]1CC2. The highest BCUT2D eigenvalue weighted by Gasteiger charge is 2.48. The van der Waals surface area contributed by atoms with Crippen LogP contribution >= 0.6 is 11.3 Å². The van der Waals surface area contributed by atoms with Gasteiger partial charge in [-0.3, -0.25) is 9.59 Å². The van der Waals surface area contributed by atoms with Gasteiger partial charge in [0.15, 0.2) is 0 Å². The highest BCUT2D eigenvalue weighted by Crippen LogP contribution is 2.45. The van der Waals surface area contributed by atoms with Crippen LogP contribution in [0.25, 0.3) is 0 Å². The van der Waals surface area contributed by atoms with Crippen molar-refractivity contribution in [3.05, 3.63) is 28.7 Å². The predicted molar refractivity (Wildman–Crippen MR) is 98.3 cm³/mol. The number of esters is 1. The van der Waals surface area contributed by atoms with Crippen molar-refractivity contribution >= 4 is 34.2 Å². The third-order valence-corrected chi connectivity index (χ3v) is 6.39. The van der Waals surface area contributed by atoms with Gasteiger partial charge >= 0.3 is 11.9 Å². The fourth-order valence-corrected chi connectivity index (χ4v) is 4.94. The summed E-state index contributed by atoms with van der Waals surface area (Å²) in [6.45, 7) is 3.95. The van der Waals surface area contributed by atoms with Crippen LogP contribution in [0, 0.1) is 23.7 Å². The van der Waals surface area contributed by atoms with Crippen LogP contribution in [0.2, 0.25) is 0 Å². The molecule has 1 aromatic rings. The lowest BCUT2D eigenvalue weighted by Crippen LogP contribution is -2.47. The Kier molecular flexibility index (Phi) is 5.46. The largest absolute Gasteiger partial charge is 0.481 e. The minimum absolute atomic E-state index is 0.0715. The van der Waals surface area contributed by atoms with E-state index in [0.717, 1.165) is 24.1 Å². The summed E-state index contributed by atoms with van der Waals surface area (Å²) in [5.41, 5.74) is 0.338. The third-order valence-electron chi connectivity index (χ3n) is 5.20. The van der Waals surface area contributed by atoms with Gasteiger partial charge in [0.1, 0.15) is 5.00 Å². The number of anilines is 1. The molecule has 1 heterocycles. The molecular weight excluding hydrogens is 354 g/mol. The van der Waals surface area contributed by atoms with E-state index in [2.05, 4.69) is 5.32 Å². The maximum absolute atomic E-state index is 12.9. The van der Waals surface area contributed by atoms with Crippen LogP contribution in [0.5, 0.6) is 0 Å². The summed E-state index contributed by atoms with van der Waals surface area (Å²) in [6, 6.07) is 1.74. The van der Waals surface area contributed by atoms with Crippen LogP contribution in [0.15, 0.2) is 18.2 Å². The number of allylic oxidation sites excluding steroid dienone is 2. The predicted octanol–water partition coefficient (Wildman–Crippen LogP) is 3.34. The van der Waals surface area contributed by atoms with Crippen molar-refractivity contribution in [2.24, 2.45) is 23.7 Å². The zero-order valence-electron chi connectivity index (χ0n) is 14.9. The van der Waals surface area contributed by atoms with Gasteiger partial charge in [-0.2, -0.15) is 0 Å². The number of aliphatic carboxylic acids is 1. The average Bonchev–Trinajstić information content (AvgIpc) is 3.05. The molecule has 1 fully saturated rings. The van der Waals surface area contributed by atoms with Crippen LogP contribution in [0.4, 0.5) is 5.00 Å². The third kappa shape index (κ3) is 3.40. The van der Waals surface area contributed by atoms with Crippen LogP contribution in [0.1, 0.15) is 41.9 Å². The van der Waals surface area contributed by atoms with Gasteiger partial charge in [0.2, 0.25) is 5.91 Å². The van der Waals surface area contributed by atoms with Gasteiger partial charge in [0.25, 0.3) is 0 Å². The van der Waals surface area contributed by atoms with Gasteiger partial charge < -0.3 is 15.2 Å². The Labute approximate surface area is 156 Å². The number of amides is 1. The fraction of sp³-hybridized carbons (Fsp3) is 0.526. The molecule has 0 radical (unpaired) electrons. The van der Waals surface area contributed by atoms with Crippen molar-refractivity contribution in [3.8, 4) is 0 Å². The number of hydrogen-bond donors (Lipinski definition) is 2. The number of rotatable bonds is 6. The molecule has 6 nitrogen and oxygen atoms in total. The summed E-state index contributed by atoms with van der Waals surface area (Å²) in [5, 5.41) is 12.9. The molecule has 2 bridgehead atoms. The molecule has 3 aliphatic rings. The smallest absolute Gasteiger partial charge is 0.341 e. The van der Waals surface area contributed by atoms with Gasteiger partial charge in [0, 0.05) is 4.88 Å². The number of fused-ring (bicyclic) bond motifs is 2. The maximum atomic E-state index is 12.9. The molecule has 7 heteroatoms. The molecule has 4 rings (SSSR count). The van der Waals surface area contributed by atoms with Gasteiger partial charge in [0.05, 0.1) is 24.0 Å². The van der Waals surface area contributed by atoms with E-state index >= 15 is 0 Å². The molecule has 26 heavy (non-hydrogen) atoms. The summed E-state index contributed by atoms with van der Waals surface area (Å²) in [7, 11) is 0. The van der Waals surface area contributed by atoms with E-state index in [0.29, 0.717) is 10.6 Å². The molecule has 0 spiro atoms. The van der Waals surface area contributed by atoms with Gasteiger partial charge in [-0.05, 0) is 44.1 Å². The highest BCUT2D eigenvalue weighted by molar-refractivity contribution is 7.16. The first kappa shape index (κ1) is 18.6. The molecule has 140 valence electrons. The molecule has 3 aliphatic carbocycles. The molecule has 2 N–H and O–H groups in total. The highest BCUT2D eigenvalue weighted by atomic mass is 32.1. The van der Waals surface area contributed by atoms with Gasteiger partial charge in [-0.1, -0.05) is 19.1 Å². The number of carboxylic acid groups (broad SMARTS) is 1. The number of thiophene rings is 1. The van der Waals surface area contributed by atoms with E-state index in [1.807, 2.05) is 19.1 Å². The van der Waals surface area contributed by atoms with Crippen molar-refractivity contribution in [1.82, 2.24) is 0 Å². The van der Waals surface area contributed by atoms with Gasteiger partial charge in [-0.25, -0.2) is 4.79 Å². The lowest BCUT2D eigenvalue weighted by Gasteiger charge is -2.41. The van der Waals surface area contributed by atoms with Crippen molar-refractivity contribution in [2.45, 2.75) is 33.1 Å². The molecule has 4 atom stereocenters. The van der Waals surface area contributed by atoms with E-state index < -0.39 is 23.8 Å². The van der Waals surface area contributed by atoms with Crippen molar-refractivity contribution in [3.63, 3.8) is 0 Å². The summed E-state index contributed by atoms with van der Waals surface area (Å²) < 4.78 is 5.07. The van der Waals surface area contributed by atoms with E-state index in [-0.39, 0.29) is 24.3 Å². The normalized spacial score (nSPS) is 26.5. The number of carbonyl (C=O) groups excluding carboxylic acids is 2. The zero-order chi connectivity index (χ0) is 18.8. The average molecular weight is 377 g/mol. The van der Waals surface area contributed by atoms with Crippen LogP contribution in [-0.4, -0.2) is 29.6 Å². The molecule has 0 saturated heterocycles. The Morgan fingerprint density at radius 2 is 1.85 bits per heavy atom. The molecule has 0 aromatic carbocycles. The minimum atomic E-state index is -0.935. The summed E-state index contributed by atoms with van der Waals surface area (Å²) in [5.74, 6) is -3.24. The van der Waals surface area contributed by atoms with E-state index in [4.69, 9.17) is 4.74 Å². The molecular formula is C19H23NO5S. The van der Waals surface area contributed by atoms with Gasteiger partial charge in [-0.15, -0.1) is 11.3 Å². The lowest BCUT2D eigenvalue weighted by molar-refractivity contribution is -0.151. The van der Waals surface area contributed by atoms with E-state index in [9.17, 15) is 19.5 Å². The Morgan fingerprint density at radius 1 is 1.19 bits per heavy atom. The first-order valence-corrected chi connectivity index (χ1v) is 9.79. The maximum Gasteiger partial charge on any atom is 0.341 e. The number of ether oxygens (including phenoxy) is 1. The minimum Gasteiger partial charge on any atom is -0.481 e. The number of carboxylic acids is 1. The standard InChI is InChI=1S/C19H23NO5S/c1-3-12-9-13(19(24)25-4-2)17(26-12)20-16(21)14-10-5-7-11(8-6-10)15(14)18(22)23/h5,7,9-11,14-15H,3-4,6,8H2,1-2H3,(H,20,21)(H,22,23)/t10-,11-,14+,15+/m0/s1.